The number of ether oxygens (including phenoxy) is 1. The number of hydrogen-bond acceptors (Lipinski definition) is 5. The molecule has 114 valence electrons. The van der Waals surface area contributed by atoms with Gasteiger partial charge in [0, 0.05) is 23.1 Å². The number of rotatable bonds is 3. The highest BCUT2D eigenvalue weighted by molar-refractivity contribution is 6.37. The minimum atomic E-state index is 0.253. The number of halogens is 1. The molecule has 0 saturated carbocycles. The fraction of sp³-hybridized carbons (Fsp3) is 0.250. The van der Waals surface area contributed by atoms with Crippen LogP contribution in [0.5, 0.6) is 5.75 Å². The summed E-state index contributed by atoms with van der Waals surface area (Å²) in [6.07, 6.45) is 0. The number of anilines is 1. The van der Waals surface area contributed by atoms with E-state index in [1.54, 1.807) is 19.2 Å². The van der Waals surface area contributed by atoms with E-state index in [2.05, 4.69) is 10.1 Å². The Labute approximate surface area is 133 Å². The molecule has 0 atom stereocenters. The van der Waals surface area contributed by atoms with E-state index < -0.39 is 0 Å². The number of methoxy groups -OCH3 is 1. The maximum atomic E-state index is 6.34. The Hall–Kier alpha value is -2.27. The smallest absolute Gasteiger partial charge is 0.139 e. The van der Waals surface area contributed by atoms with E-state index in [9.17, 15) is 0 Å². The van der Waals surface area contributed by atoms with Crippen LogP contribution in [0.2, 0.25) is 5.02 Å². The van der Waals surface area contributed by atoms with Gasteiger partial charge in [-0.05, 0) is 18.2 Å². The average molecular weight is 318 g/mol. The number of hydrogen-bond donors (Lipinski definition) is 1. The van der Waals surface area contributed by atoms with Crippen molar-refractivity contribution in [1.82, 2.24) is 10.1 Å². The van der Waals surface area contributed by atoms with Crippen molar-refractivity contribution >= 4 is 28.2 Å². The zero-order valence-electron chi connectivity index (χ0n) is 12.6. The second-order valence-electron chi connectivity index (χ2n) is 5.34. The molecule has 0 saturated heterocycles. The largest absolute Gasteiger partial charge is 0.495 e. The number of nitrogen functional groups attached to an aromatic ring is 1. The maximum Gasteiger partial charge on any atom is 0.139 e. The first-order chi connectivity index (χ1) is 10.5. The molecule has 0 bridgehead atoms. The topological polar surface area (TPSA) is 74.2 Å². The molecule has 6 heteroatoms. The molecule has 1 aromatic carbocycles. The Bertz CT molecular complexity index is 843. The molecule has 2 heterocycles. The van der Waals surface area contributed by atoms with E-state index in [0.717, 1.165) is 11.1 Å². The molecular formula is C16H16ClN3O2. The molecule has 0 aliphatic heterocycles. The third kappa shape index (κ3) is 2.37. The molecule has 0 radical (unpaired) electrons. The summed E-state index contributed by atoms with van der Waals surface area (Å²) in [5.74, 6) is 1.61. The van der Waals surface area contributed by atoms with E-state index in [4.69, 9.17) is 26.6 Å². The Morgan fingerprint density at radius 3 is 2.64 bits per heavy atom. The van der Waals surface area contributed by atoms with Gasteiger partial charge in [-0.2, -0.15) is 0 Å². The van der Waals surface area contributed by atoms with E-state index in [0.29, 0.717) is 33.4 Å². The van der Waals surface area contributed by atoms with E-state index >= 15 is 0 Å². The second kappa shape index (κ2) is 5.50. The normalized spacial score (nSPS) is 11.3. The van der Waals surface area contributed by atoms with Gasteiger partial charge in [-0.15, -0.1) is 0 Å². The van der Waals surface area contributed by atoms with Gasteiger partial charge < -0.3 is 15.0 Å². The summed E-state index contributed by atoms with van der Waals surface area (Å²) in [6.45, 7) is 4.07. The Morgan fingerprint density at radius 2 is 2.00 bits per heavy atom. The third-order valence-electron chi connectivity index (χ3n) is 3.50. The third-order valence-corrected chi connectivity index (χ3v) is 3.86. The molecule has 2 aromatic heterocycles. The summed E-state index contributed by atoms with van der Waals surface area (Å²) in [7, 11) is 1.56. The van der Waals surface area contributed by atoms with Crippen LogP contribution in [0.15, 0.2) is 28.8 Å². The summed E-state index contributed by atoms with van der Waals surface area (Å²) in [4.78, 5) is 4.57. The summed E-state index contributed by atoms with van der Waals surface area (Å²) in [5.41, 5.74) is 8.55. The van der Waals surface area contributed by atoms with E-state index in [1.165, 1.54) is 0 Å². The summed E-state index contributed by atoms with van der Waals surface area (Å²) < 4.78 is 10.5. The molecule has 0 aliphatic rings. The SMILES string of the molecule is COc1ccc2c(N)cc(-c3cc(C(C)C)on3)nc2c1Cl. The molecule has 0 aliphatic carbocycles. The Balaban J connectivity index is 2.20. The van der Waals surface area contributed by atoms with Crippen LogP contribution in [0.4, 0.5) is 5.69 Å². The first-order valence-electron chi connectivity index (χ1n) is 6.91. The standard InChI is InChI=1S/C16H16ClN3O2/c1-8(2)14-7-12(20-22-14)11-6-10(18)9-4-5-13(21-3)15(17)16(9)19-11/h4-8H,1-3H3,(H2,18,19). The highest BCUT2D eigenvalue weighted by atomic mass is 35.5. The van der Waals surface area contributed by atoms with E-state index in [1.807, 2.05) is 26.0 Å². The van der Waals surface area contributed by atoms with Crippen LogP contribution in [0.1, 0.15) is 25.5 Å². The van der Waals surface area contributed by atoms with Crippen LogP contribution in [0.3, 0.4) is 0 Å². The van der Waals surface area contributed by atoms with Crippen molar-refractivity contribution in [3.05, 3.63) is 35.0 Å². The van der Waals surface area contributed by atoms with Crippen LogP contribution in [-0.4, -0.2) is 17.3 Å². The lowest BCUT2D eigenvalue weighted by molar-refractivity contribution is 0.373. The van der Waals surface area contributed by atoms with Gasteiger partial charge in [0.05, 0.1) is 18.3 Å². The molecule has 3 rings (SSSR count). The van der Waals surface area contributed by atoms with Crippen molar-refractivity contribution in [2.24, 2.45) is 0 Å². The van der Waals surface area contributed by atoms with Gasteiger partial charge in [0.25, 0.3) is 0 Å². The van der Waals surface area contributed by atoms with Crippen molar-refractivity contribution in [3.8, 4) is 17.1 Å². The molecule has 0 spiro atoms. The fourth-order valence-electron chi connectivity index (χ4n) is 2.24. The number of nitrogens with two attached hydrogens (primary N) is 1. The number of fused-ring (bicyclic) bond motifs is 1. The van der Waals surface area contributed by atoms with Gasteiger partial charge in [0.15, 0.2) is 0 Å². The van der Waals surface area contributed by atoms with Crippen molar-refractivity contribution in [3.63, 3.8) is 0 Å². The fourth-order valence-corrected chi connectivity index (χ4v) is 2.52. The van der Waals surface area contributed by atoms with Gasteiger partial charge in [0.1, 0.15) is 22.2 Å². The van der Waals surface area contributed by atoms with Crippen LogP contribution in [-0.2, 0) is 0 Å². The Kier molecular flexibility index (Phi) is 3.66. The van der Waals surface area contributed by atoms with Gasteiger partial charge in [-0.1, -0.05) is 30.6 Å². The van der Waals surface area contributed by atoms with Gasteiger partial charge in [-0.25, -0.2) is 4.98 Å². The lowest BCUT2D eigenvalue weighted by Crippen LogP contribution is -1.95. The average Bonchev–Trinajstić information content (AvgIpc) is 2.98. The molecule has 5 nitrogen and oxygen atoms in total. The number of aromatic nitrogens is 2. The molecule has 22 heavy (non-hydrogen) atoms. The van der Waals surface area contributed by atoms with Crippen LogP contribution < -0.4 is 10.5 Å². The minimum Gasteiger partial charge on any atom is -0.495 e. The lowest BCUT2D eigenvalue weighted by Gasteiger charge is -2.09. The van der Waals surface area contributed by atoms with Crippen molar-refractivity contribution in [2.45, 2.75) is 19.8 Å². The number of pyridine rings is 1. The molecule has 3 aromatic rings. The quantitative estimate of drug-likeness (QED) is 0.781. The van der Waals surface area contributed by atoms with Crippen molar-refractivity contribution < 1.29 is 9.26 Å². The molecule has 0 unspecified atom stereocenters. The Morgan fingerprint density at radius 1 is 1.23 bits per heavy atom. The lowest BCUT2D eigenvalue weighted by atomic mass is 10.1. The van der Waals surface area contributed by atoms with Crippen LogP contribution in [0, 0.1) is 0 Å². The molecule has 2 N–H and O–H groups in total. The van der Waals surface area contributed by atoms with Crippen LogP contribution >= 0.6 is 11.6 Å². The molecule has 0 fully saturated rings. The van der Waals surface area contributed by atoms with Gasteiger partial charge in [0.2, 0.25) is 0 Å². The first-order valence-corrected chi connectivity index (χ1v) is 7.28. The maximum absolute atomic E-state index is 6.34. The number of nitrogens with zero attached hydrogens (tertiary/aromatic N) is 2. The molecule has 0 amide bonds. The van der Waals surface area contributed by atoms with Crippen molar-refractivity contribution in [2.75, 3.05) is 12.8 Å². The van der Waals surface area contributed by atoms with Crippen molar-refractivity contribution in [1.29, 1.82) is 0 Å². The second-order valence-corrected chi connectivity index (χ2v) is 5.72. The monoisotopic (exact) mass is 317 g/mol. The summed E-state index contributed by atoms with van der Waals surface area (Å²) in [6, 6.07) is 7.25. The summed E-state index contributed by atoms with van der Waals surface area (Å²) >= 11 is 6.34. The van der Waals surface area contributed by atoms with Gasteiger partial charge >= 0.3 is 0 Å². The zero-order chi connectivity index (χ0) is 15.9. The minimum absolute atomic E-state index is 0.253. The predicted molar refractivity (Wildman–Crippen MR) is 87.3 cm³/mol. The predicted octanol–water partition coefficient (Wildman–Crippen LogP) is 4.26. The highest BCUT2D eigenvalue weighted by Gasteiger charge is 2.15. The molecular weight excluding hydrogens is 302 g/mol. The van der Waals surface area contributed by atoms with E-state index in [-0.39, 0.29) is 5.92 Å². The van der Waals surface area contributed by atoms with Crippen LogP contribution in [0.25, 0.3) is 22.3 Å². The van der Waals surface area contributed by atoms with Gasteiger partial charge in [-0.3, -0.25) is 0 Å². The zero-order valence-corrected chi connectivity index (χ0v) is 13.3. The summed E-state index contributed by atoms with van der Waals surface area (Å²) in [5, 5.41) is 5.27. The first kappa shape index (κ1) is 14.7. The number of benzene rings is 1. The highest BCUT2D eigenvalue weighted by Crippen LogP contribution is 2.36.